The summed E-state index contributed by atoms with van der Waals surface area (Å²) in [6, 6.07) is 6.79. The molecule has 1 aliphatic heterocycles. The Hall–Kier alpha value is -2.08. The van der Waals surface area contributed by atoms with Crippen LogP contribution in [0.2, 0.25) is 0 Å². The maximum Gasteiger partial charge on any atom is 0.319 e. The Morgan fingerprint density at radius 2 is 1.89 bits per heavy atom. The van der Waals surface area contributed by atoms with Gasteiger partial charge in [0.05, 0.1) is 0 Å². The summed E-state index contributed by atoms with van der Waals surface area (Å²) in [5.74, 6) is 1.40. The van der Waals surface area contributed by atoms with Gasteiger partial charge in [0.15, 0.2) is 0 Å². The van der Waals surface area contributed by atoms with Crippen LogP contribution in [0.4, 0.5) is 10.5 Å². The molecule has 0 aromatic heterocycles. The fourth-order valence-electron chi connectivity index (χ4n) is 3.75. The highest BCUT2D eigenvalue weighted by Crippen LogP contribution is 2.20. The first-order chi connectivity index (χ1) is 12.8. The number of urea groups is 1. The summed E-state index contributed by atoms with van der Waals surface area (Å²) < 4.78 is 0. The highest BCUT2D eigenvalue weighted by Gasteiger charge is 2.21. The number of benzene rings is 1. The summed E-state index contributed by atoms with van der Waals surface area (Å²) in [6.45, 7) is 12.4. The third-order valence-corrected chi connectivity index (χ3v) is 4.68. The van der Waals surface area contributed by atoms with Gasteiger partial charge in [-0.05, 0) is 63.3 Å². The molecule has 1 saturated heterocycles. The molecular weight excluding hydrogens is 340 g/mol. The maximum absolute atomic E-state index is 12.4. The van der Waals surface area contributed by atoms with Crippen LogP contribution < -0.4 is 16.0 Å². The Kier molecular flexibility index (Phi) is 8.10. The second kappa shape index (κ2) is 10.3. The van der Waals surface area contributed by atoms with Crippen LogP contribution in [0.15, 0.2) is 24.3 Å². The third kappa shape index (κ3) is 7.59. The number of nitrogens with one attached hydrogen (secondary N) is 3. The summed E-state index contributed by atoms with van der Waals surface area (Å²) in [5.41, 5.74) is 1.16. The van der Waals surface area contributed by atoms with Gasteiger partial charge < -0.3 is 20.9 Å². The molecule has 3 N–H and O–H groups in total. The van der Waals surface area contributed by atoms with Gasteiger partial charge in [0.2, 0.25) is 0 Å². The Morgan fingerprint density at radius 1 is 1.19 bits per heavy atom. The molecule has 0 radical (unpaired) electrons. The van der Waals surface area contributed by atoms with Crippen LogP contribution >= 0.6 is 0 Å². The summed E-state index contributed by atoms with van der Waals surface area (Å²) >= 11 is 0. The van der Waals surface area contributed by atoms with Gasteiger partial charge in [0.25, 0.3) is 5.91 Å². The molecule has 0 spiro atoms. The van der Waals surface area contributed by atoms with Gasteiger partial charge in [0, 0.05) is 36.9 Å². The summed E-state index contributed by atoms with van der Waals surface area (Å²) in [7, 11) is 0. The summed E-state index contributed by atoms with van der Waals surface area (Å²) in [4.78, 5) is 26.6. The van der Waals surface area contributed by atoms with Crippen LogP contribution in [0, 0.1) is 11.8 Å². The molecule has 6 heteroatoms. The van der Waals surface area contributed by atoms with Crippen molar-refractivity contribution in [1.82, 2.24) is 15.5 Å². The van der Waals surface area contributed by atoms with Gasteiger partial charge in [-0.25, -0.2) is 4.79 Å². The molecular formula is C21H34N4O2. The average molecular weight is 375 g/mol. The molecule has 2 rings (SSSR count). The van der Waals surface area contributed by atoms with E-state index in [9.17, 15) is 9.59 Å². The first kappa shape index (κ1) is 21.2. The molecule has 2 atom stereocenters. The van der Waals surface area contributed by atoms with E-state index in [0.717, 1.165) is 37.9 Å². The molecule has 0 bridgehead atoms. The van der Waals surface area contributed by atoms with E-state index in [0.29, 0.717) is 17.8 Å². The van der Waals surface area contributed by atoms with Crippen LogP contribution in [0.3, 0.4) is 0 Å². The van der Waals surface area contributed by atoms with E-state index in [4.69, 9.17) is 0 Å². The third-order valence-electron chi connectivity index (χ3n) is 4.68. The van der Waals surface area contributed by atoms with Crippen LogP contribution in [-0.4, -0.2) is 49.1 Å². The van der Waals surface area contributed by atoms with Crippen LogP contribution in [0.5, 0.6) is 0 Å². The van der Waals surface area contributed by atoms with E-state index in [-0.39, 0.29) is 18.0 Å². The van der Waals surface area contributed by atoms with Crippen molar-refractivity contribution < 1.29 is 9.59 Å². The quantitative estimate of drug-likeness (QED) is 0.641. The minimum absolute atomic E-state index is 0.0577. The molecule has 2 unspecified atom stereocenters. The molecule has 1 fully saturated rings. The van der Waals surface area contributed by atoms with Crippen molar-refractivity contribution in [3.8, 4) is 0 Å². The number of hydrogen-bond donors (Lipinski definition) is 3. The highest BCUT2D eigenvalue weighted by atomic mass is 16.2. The molecule has 6 nitrogen and oxygen atoms in total. The van der Waals surface area contributed by atoms with Crippen molar-refractivity contribution in [2.24, 2.45) is 11.8 Å². The molecule has 3 amide bonds. The monoisotopic (exact) mass is 374 g/mol. The van der Waals surface area contributed by atoms with Gasteiger partial charge in [0.1, 0.15) is 0 Å². The first-order valence-electron chi connectivity index (χ1n) is 10.0. The predicted molar refractivity (Wildman–Crippen MR) is 110 cm³/mol. The van der Waals surface area contributed by atoms with E-state index in [2.05, 4.69) is 34.7 Å². The van der Waals surface area contributed by atoms with E-state index in [1.54, 1.807) is 24.3 Å². The van der Waals surface area contributed by atoms with Gasteiger partial charge >= 0.3 is 6.03 Å². The average Bonchev–Trinajstić information content (AvgIpc) is 2.57. The molecule has 150 valence electrons. The molecule has 27 heavy (non-hydrogen) atoms. The zero-order chi connectivity index (χ0) is 19.8. The van der Waals surface area contributed by atoms with E-state index < -0.39 is 0 Å². The molecule has 1 aromatic carbocycles. The van der Waals surface area contributed by atoms with Crippen molar-refractivity contribution in [3.63, 3.8) is 0 Å². The molecule has 0 aliphatic carbocycles. The van der Waals surface area contributed by atoms with Gasteiger partial charge in [-0.2, -0.15) is 0 Å². The fraction of sp³-hybridized carbons (Fsp3) is 0.619. The molecule has 1 heterocycles. The van der Waals surface area contributed by atoms with Gasteiger partial charge in [-0.1, -0.05) is 19.9 Å². The topological polar surface area (TPSA) is 73.5 Å². The predicted octanol–water partition coefficient (Wildman–Crippen LogP) is 3.31. The number of carbonyl (C=O) groups excluding carboxylic acids is 2. The SMILES string of the molecule is CC1CC(C)CN(CCCNC(=O)c2cccc(NC(=O)NC(C)C)c2)C1. The number of anilines is 1. The second-order valence-corrected chi connectivity index (χ2v) is 8.15. The van der Waals surface area contributed by atoms with E-state index >= 15 is 0 Å². The number of hydrogen-bond acceptors (Lipinski definition) is 3. The summed E-state index contributed by atoms with van der Waals surface area (Å²) in [6.07, 6.45) is 2.26. The van der Waals surface area contributed by atoms with Crippen molar-refractivity contribution >= 4 is 17.6 Å². The maximum atomic E-state index is 12.4. The lowest BCUT2D eigenvalue weighted by Gasteiger charge is -2.34. The lowest BCUT2D eigenvalue weighted by molar-refractivity contribution is 0.0947. The minimum atomic E-state index is -0.271. The first-order valence-corrected chi connectivity index (χ1v) is 10.0. The number of likely N-dealkylation sites (tertiary alicyclic amines) is 1. The van der Waals surface area contributed by atoms with E-state index in [1.807, 2.05) is 13.8 Å². The lowest BCUT2D eigenvalue weighted by atomic mass is 9.92. The summed E-state index contributed by atoms with van der Waals surface area (Å²) in [5, 5.41) is 8.49. The fourth-order valence-corrected chi connectivity index (χ4v) is 3.75. The van der Waals surface area contributed by atoms with Crippen molar-refractivity contribution in [2.75, 3.05) is 31.5 Å². The smallest absolute Gasteiger partial charge is 0.319 e. The van der Waals surface area contributed by atoms with Crippen LogP contribution in [0.25, 0.3) is 0 Å². The zero-order valence-corrected chi connectivity index (χ0v) is 17.0. The highest BCUT2D eigenvalue weighted by molar-refractivity contribution is 5.96. The largest absolute Gasteiger partial charge is 0.352 e. The molecule has 0 saturated carbocycles. The standard InChI is InChI=1S/C21H34N4O2/c1-15(2)23-21(27)24-19-8-5-7-18(12-19)20(26)22-9-6-10-25-13-16(3)11-17(4)14-25/h5,7-8,12,15-17H,6,9-11,13-14H2,1-4H3,(H,22,26)(H2,23,24,27). The normalized spacial score (nSPS) is 20.3. The molecule has 1 aromatic rings. The van der Waals surface area contributed by atoms with Crippen LogP contribution in [0.1, 0.15) is 50.9 Å². The molecule has 1 aliphatic rings. The lowest BCUT2D eigenvalue weighted by Crippen LogP contribution is -2.40. The Bertz CT molecular complexity index is 622. The Balaban J connectivity index is 1.75. The van der Waals surface area contributed by atoms with Crippen LogP contribution in [-0.2, 0) is 0 Å². The number of nitrogens with zero attached hydrogens (tertiary/aromatic N) is 1. The van der Waals surface area contributed by atoms with Crippen molar-refractivity contribution in [1.29, 1.82) is 0 Å². The van der Waals surface area contributed by atoms with Crippen molar-refractivity contribution in [2.45, 2.75) is 46.6 Å². The number of amides is 3. The number of piperidine rings is 1. The minimum Gasteiger partial charge on any atom is -0.352 e. The Morgan fingerprint density at radius 3 is 2.56 bits per heavy atom. The van der Waals surface area contributed by atoms with Gasteiger partial charge in [-0.15, -0.1) is 0 Å². The van der Waals surface area contributed by atoms with E-state index in [1.165, 1.54) is 6.42 Å². The number of carbonyl (C=O) groups is 2. The second-order valence-electron chi connectivity index (χ2n) is 8.15. The number of rotatable bonds is 7. The zero-order valence-electron chi connectivity index (χ0n) is 17.0. The Labute approximate surface area is 163 Å². The van der Waals surface area contributed by atoms with Gasteiger partial charge in [-0.3, -0.25) is 4.79 Å². The van der Waals surface area contributed by atoms with Crippen molar-refractivity contribution in [3.05, 3.63) is 29.8 Å².